The first-order chi connectivity index (χ1) is 13.0. The molecule has 1 aromatic carbocycles. The number of aromatic nitrogens is 1. The lowest BCUT2D eigenvalue weighted by molar-refractivity contribution is 0.389. The van der Waals surface area contributed by atoms with Gasteiger partial charge in [0.2, 0.25) is 0 Å². The minimum absolute atomic E-state index is 0.553. The van der Waals surface area contributed by atoms with E-state index in [0.717, 1.165) is 43.3 Å². The van der Waals surface area contributed by atoms with E-state index in [9.17, 15) is 0 Å². The van der Waals surface area contributed by atoms with Crippen LogP contribution in [-0.2, 0) is 0 Å². The van der Waals surface area contributed by atoms with Crippen molar-refractivity contribution in [3.8, 4) is 11.5 Å². The quantitative estimate of drug-likeness (QED) is 0.743. The van der Waals surface area contributed by atoms with Crippen LogP contribution >= 0.6 is 35.4 Å². The second-order valence-electron chi connectivity index (χ2n) is 5.92. The van der Waals surface area contributed by atoms with Crippen LogP contribution in [0.15, 0.2) is 30.6 Å². The van der Waals surface area contributed by atoms with Gasteiger partial charge in [-0.3, -0.25) is 4.98 Å². The summed E-state index contributed by atoms with van der Waals surface area (Å²) in [5.74, 6) is 1.43. The van der Waals surface area contributed by atoms with Gasteiger partial charge in [0.15, 0.2) is 5.11 Å². The number of nitrogens with one attached hydrogen (secondary N) is 1. The van der Waals surface area contributed by atoms with Crippen molar-refractivity contribution in [2.45, 2.75) is 0 Å². The Kier molecular flexibility index (Phi) is 6.46. The number of hydrogen-bond donors (Lipinski definition) is 1. The minimum Gasteiger partial charge on any atom is -0.497 e. The van der Waals surface area contributed by atoms with Gasteiger partial charge in [-0.05, 0) is 24.4 Å². The standard InChI is InChI=1S/C18H20Cl2N4O2S/c1-25-12-3-4-16(26-2)15(9-12)22-18(27)24-7-5-23(6-8-24)17-13(19)10-21-11-14(17)20/h3-4,9-11H,5-8H2,1-2H3,(H,22,27). The van der Waals surface area contributed by atoms with E-state index in [1.54, 1.807) is 26.6 Å². The number of anilines is 2. The number of ether oxygens (including phenoxy) is 2. The van der Waals surface area contributed by atoms with Crippen LogP contribution in [0.3, 0.4) is 0 Å². The monoisotopic (exact) mass is 426 g/mol. The molecule has 27 heavy (non-hydrogen) atoms. The van der Waals surface area contributed by atoms with Gasteiger partial charge in [-0.25, -0.2) is 0 Å². The Morgan fingerprint density at radius 1 is 1.07 bits per heavy atom. The van der Waals surface area contributed by atoms with Gasteiger partial charge in [0, 0.05) is 44.6 Å². The zero-order valence-corrected chi connectivity index (χ0v) is 17.4. The molecule has 0 bridgehead atoms. The van der Waals surface area contributed by atoms with Crippen LogP contribution in [0.1, 0.15) is 0 Å². The molecule has 0 amide bonds. The second-order valence-corrected chi connectivity index (χ2v) is 7.12. The van der Waals surface area contributed by atoms with E-state index in [-0.39, 0.29) is 0 Å². The Morgan fingerprint density at radius 3 is 2.33 bits per heavy atom. The number of pyridine rings is 1. The third kappa shape index (κ3) is 4.48. The Balaban J connectivity index is 1.66. The average molecular weight is 427 g/mol. The van der Waals surface area contributed by atoms with Crippen molar-refractivity contribution in [3.05, 3.63) is 40.6 Å². The summed E-state index contributed by atoms with van der Waals surface area (Å²) >= 11 is 18.1. The minimum atomic E-state index is 0.553. The highest BCUT2D eigenvalue weighted by atomic mass is 35.5. The van der Waals surface area contributed by atoms with Crippen LogP contribution in [0.5, 0.6) is 11.5 Å². The Morgan fingerprint density at radius 2 is 1.74 bits per heavy atom. The summed E-state index contributed by atoms with van der Waals surface area (Å²) in [5.41, 5.74) is 1.59. The zero-order chi connectivity index (χ0) is 19.4. The van der Waals surface area contributed by atoms with Crippen molar-refractivity contribution in [1.29, 1.82) is 0 Å². The zero-order valence-electron chi connectivity index (χ0n) is 15.0. The maximum Gasteiger partial charge on any atom is 0.173 e. The number of methoxy groups -OCH3 is 2. The highest BCUT2D eigenvalue weighted by Crippen LogP contribution is 2.33. The summed E-state index contributed by atoms with van der Waals surface area (Å²) in [6.45, 7) is 2.99. The van der Waals surface area contributed by atoms with Gasteiger partial charge in [0.25, 0.3) is 0 Å². The van der Waals surface area contributed by atoms with E-state index in [2.05, 4.69) is 20.1 Å². The molecule has 2 aromatic rings. The first-order valence-corrected chi connectivity index (χ1v) is 9.51. The Hall–Kier alpha value is -1.96. The van der Waals surface area contributed by atoms with E-state index in [1.807, 2.05) is 18.2 Å². The number of rotatable bonds is 4. The van der Waals surface area contributed by atoms with Crippen molar-refractivity contribution in [1.82, 2.24) is 9.88 Å². The number of nitrogens with zero attached hydrogens (tertiary/aromatic N) is 3. The molecule has 1 N–H and O–H groups in total. The van der Waals surface area contributed by atoms with Crippen molar-refractivity contribution in [2.24, 2.45) is 0 Å². The molecule has 0 aliphatic carbocycles. The normalized spacial score (nSPS) is 14.1. The number of halogens is 2. The van der Waals surface area contributed by atoms with Crippen LogP contribution in [0.25, 0.3) is 0 Å². The number of piperazine rings is 1. The van der Waals surface area contributed by atoms with Gasteiger partial charge in [0.1, 0.15) is 11.5 Å². The topological polar surface area (TPSA) is 49.9 Å². The molecule has 1 aliphatic rings. The highest BCUT2D eigenvalue weighted by molar-refractivity contribution is 7.80. The van der Waals surface area contributed by atoms with Gasteiger partial charge in [-0.2, -0.15) is 0 Å². The Labute approximate surface area is 174 Å². The van der Waals surface area contributed by atoms with Crippen LogP contribution in [0.4, 0.5) is 11.4 Å². The maximum absolute atomic E-state index is 6.26. The van der Waals surface area contributed by atoms with E-state index in [4.69, 9.17) is 44.9 Å². The summed E-state index contributed by atoms with van der Waals surface area (Å²) in [4.78, 5) is 8.26. The van der Waals surface area contributed by atoms with Crippen molar-refractivity contribution < 1.29 is 9.47 Å². The summed E-state index contributed by atoms with van der Waals surface area (Å²) < 4.78 is 10.7. The lowest BCUT2D eigenvalue weighted by Crippen LogP contribution is -2.50. The molecule has 3 rings (SSSR count). The van der Waals surface area contributed by atoms with Crippen LogP contribution < -0.4 is 19.7 Å². The molecule has 1 aliphatic heterocycles. The van der Waals surface area contributed by atoms with Gasteiger partial charge in [0.05, 0.1) is 35.6 Å². The molecule has 0 atom stereocenters. The molecule has 6 nitrogen and oxygen atoms in total. The molecule has 9 heteroatoms. The van der Waals surface area contributed by atoms with E-state index in [1.165, 1.54) is 0 Å². The predicted octanol–water partition coefficient (Wildman–Crippen LogP) is 3.92. The summed E-state index contributed by atoms with van der Waals surface area (Å²) in [5, 5.41) is 4.99. The fourth-order valence-corrected chi connectivity index (χ4v) is 3.84. The highest BCUT2D eigenvalue weighted by Gasteiger charge is 2.23. The van der Waals surface area contributed by atoms with Crippen LogP contribution in [0.2, 0.25) is 10.0 Å². The lowest BCUT2D eigenvalue weighted by atomic mass is 10.2. The van der Waals surface area contributed by atoms with Gasteiger partial charge in [-0.15, -0.1) is 0 Å². The molecular formula is C18H20Cl2N4O2S. The third-order valence-electron chi connectivity index (χ3n) is 4.36. The first-order valence-electron chi connectivity index (χ1n) is 8.35. The molecule has 2 heterocycles. The summed E-state index contributed by atoms with van der Waals surface area (Å²) in [6, 6.07) is 5.54. The van der Waals surface area contributed by atoms with Crippen LogP contribution in [0, 0.1) is 0 Å². The van der Waals surface area contributed by atoms with Crippen molar-refractivity contribution in [3.63, 3.8) is 0 Å². The summed E-state index contributed by atoms with van der Waals surface area (Å²) in [6.07, 6.45) is 3.22. The Bertz CT molecular complexity index is 809. The van der Waals surface area contributed by atoms with E-state index in [0.29, 0.717) is 20.9 Å². The number of hydrogen-bond acceptors (Lipinski definition) is 5. The molecule has 1 saturated heterocycles. The lowest BCUT2D eigenvalue weighted by Gasteiger charge is -2.38. The van der Waals surface area contributed by atoms with E-state index >= 15 is 0 Å². The van der Waals surface area contributed by atoms with Gasteiger partial charge in [-0.1, -0.05) is 23.2 Å². The second kappa shape index (κ2) is 8.82. The predicted molar refractivity (Wildman–Crippen MR) is 114 cm³/mol. The van der Waals surface area contributed by atoms with E-state index < -0.39 is 0 Å². The molecule has 0 radical (unpaired) electrons. The SMILES string of the molecule is COc1ccc(OC)c(NC(=S)N2CCN(c3c(Cl)cncc3Cl)CC2)c1. The number of benzene rings is 1. The largest absolute Gasteiger partial charge is 0.497 e. The fraction of sp³-hybridized carbons (Fsp3) is 0.333. The van der Waals surface area contributed by atoms with Crippen LogP contribution in [-0.4, -0.2) is 55.4 Å². The van der Waals surface area contributed by atoms with Crippen molar-refractivity contribution >= 4 is 51.9 Å². The third-order valence-corrected chi connectivity index (χ3v) is 5.27. The molecule has 0 unspecified atom stereocenters. The van der Waals surface area contributed by atoms with Gasteiger partial charge >= 0.3 is 0 Å². The molecule has 1 aromatic heterocycles. The van der Waals surface area contributed by atoms with Crippen molar-refractivity contribution in [2.75, 3.05) is 50.6 Å². The molecule has 1 fully saturated rings. The molecule has 0 spiro atoms. The molecule has 0 saturated carbocycles. The number of thiocarbonyl (C=S) groups is 1. The average Bonchev–Trinajstić information content (AvgIpc) is 2.68. The van der Waals surface area contributed by atoms with Gasteiger partial charge < -0.3 is 24.6 Å². The molecular weight excluding hydrogens is 407 g/mol. The smallest absolute Gasteiger partial charge is 0.173 e. The maximum atomic E-state index is 6.26. The first kappa shape index (κ1) is 19.8. The molecule has 144 valence electrons. The fourth-order valence-electron chi connectivity index (χ4n) is 2.95. The summed E-state index contributed by atoms with van der Waals surface area (Å²) in [7, 11) is 3.25.